The van der Waals surface area contributed by atoms with Gasteiger partial charge in [0.25, 0.3) is 0 Å². The van der Waals surface area contributed by atoms with Crippen LogP contribution in [0.1, 0.15) is 0 Å². The minimum atomic E-state index is 0.372. The van der Waals surface area contributed by atoms with Gasteiger partial charge in [0.2, 0.25) is 0 Å². The Hall–Kier alpha value is -6.11. The lowest BCUT2D eigenvalue weighted by molar-refractivity contribution is 1.09. The molecule has 6 heteroatoms. The van der Waals surface area contributed by atoms with Gasteiger partial charge in [0.05, 0.1) is 15.7 Å². The van der Waals surface area contributed by atoms with Gasteiger partial charge in [-0.3, -0.25) is 4.57 Å². The number of rotatable bonds is 3. The Kier molecular flexibility index (Phi) is 6.43. The summed E-state index contributed by atoms with van der Waals surface area (Å²) < 4.78 is 4.81. The summed E-state index contributed by atoms with van der Waals surface area (Å²) in [5, 5.41) is 12.7. The van der Waals surface area contributed by atoms with Gasteiger partial charge in [0, 0.05) is 36.7 Å². The zero-order valence-electron chi connectivity index (χ0n) is 28.5. The van der Waals surface area contributed by atoms with Crippen molar-refractivity contribution in [2.75, 3.05) is 0 Å². The average Bonchev–Trinajstić information content (AvgIpc) is 3.91. The Morgan fingerprint density at radius 1 is 0.463 bits per heavy atom. The number of nitrogens with zero attached hydrogens (tertiary/aromatic N) is 3. The van der Waals surface area contributed by atoms with Crippen LogP contribution in [-0.4, -0.2) is 14.5 Å². The second-order valence-corrected chi connectivity index (χ2v) is 16.2. The van der Waals surface area contributed by atoms with Crippen LogP contribution in [0.4, 0.5) is 0 Å². The van der Waals surface area contributed by atoms with Crippen molar-refractivity contribution in [2.45, 2.75) is 0 Å². The molecule has 0 bridgehead atoms. The van der Waals surface area contributed by atoms with Crippen molar-refractivity contribution in [2.24, 2.45) is 0 Å². The molecule has 12 rings (SSSR count). The summed E-state index contributed by atoms with van der Waals surface area (Å²) in [4.78, 5) is 12.7. The van der Waals surface area contributed by atoms with Gasteiger partial charge in [0.15, 0.2) is 11.0 Å². The molecule has 252 valence electrons. The standard InChI is InChI=1S/C48H26ClN3S2/c49-46-47(51-48-41(50-46)37(29-15-3-1-4-16-29)43(54-48)30-17-5-2-6-18-30)52-36-26-24-27-13-7-9-19-31(27)39(36)40-34-22-12-11-21-33(34)38-35-25-23-28-14-8-10-20-32(28)44(35)53-45(38)42(40)52/h1-26H. The van der Waals surface area contributed by atoms with Crippen LogP contribution >= 0.6 is 34.3 Å². The van der Waals surface area contributed by atoms with Crippen molar-refractivity contribution in [3.63, 3.8) is 0 Å². The van der Waals surface area contributed by atoms with Crippen LogP contribution in [0, 0.1) is 0 Å². The SMILES string of the molecule is Clc1nc2c(-c3ccccc3)c(-c3ccccc3)sc2nc1-n1c2ccc3ccccc3c2c2c3ccccc3c3c4ccc5ccccc5c4sc3c21. The van der Waals surface area contributed by atoms with Gasteiger partial charge in [-0.25, -0.2) is 9.97 Å². The van der Waals surface area contributed by atoms with Gasteiger partial charge >= 0.3 is 0 Å². The predicted molar refractivity (Wildman–Crippen MR) is 233 cm³/mol. The second kappa shape index (κ2) is 11.4. The van der Waals surface area contributed by atoms with Crippen molar-refractivity contribution in [1.29, 1.82) is 0 Å². The Morgan fingerprint density at radius 3 is 1.83 bits per heavy atom. The largest absolute Gasteiger partial charge is 0.290 e. The summed E-state index contributed by atoms with van der Waals surface area (Å²) in [6, 6.07) is 56.3. The molecule has 4 aromatic heterocycles. The molecule has 0 aliphatic rings. The van der Waals surface area contributed by atoms with Gasteiger partial charge in [-0.2, -0.15) is 0 Å². The lowest BCUT2D eigenvalue weighted by Crippen LogP contribution is -2.00. The van der Waals surface area contributed by atoms with Crippen LogP contribution in [0.15, 0.2) is 158 Å². The maximum atomic E-state index is 7.47. The van der Waals surface area contributed by atoms with Crippen LogP contribution in [-0.2, 0) is 0 Å². The van der Waals surface area contributed by atoms with Crippen molar-refractivity contribution in [1.82, 2.24) is 14.5 Å². The quantitative estimate of drug-likeness (QED) is 0.180. The Bertz CT molecular complexity index is 3510. The molecule has 3 nitrogen and oxygen atoms in total. The fourth-order valence-corrected chi connectivity index (χ4v) is 11.4. The number of halogens is 1. The van der Waals surface area contributed by atoms with E-state index in [-0.39, 0.29) is 0 Å². The fraction of sp³-hybridized carbons (Fsp3) is 0. The first-order valence-electron chi connectivity index (χ1n) is 17.9. The fourth-order valence-electron chi connectivity index (χ4n) is 8.62. The van der Waals surface area contributed by atoms with Crippen molar-refractivity contribution in [3.8, 4) is 27.4 Å². The van der Waals surface area contributed by atoms with Crippen molar-refractivity contribution in [3.05, 3.63) is 163 Å². The highest BCUT2D eigenvalue weighted by Gasteiger charge is 2.27. The Balaban J connectivity index is 1.29. The third kappa shape index (κ3) is 4.17. The second-order valence-electron chi connectivity index (χ2n) is 13.8. The summed E-state index contributed by atoms with van der Waals surface area (Å²) in [6.45, 7) is 0. The molecule has 0 radical (unpaired) electrons. The molecule has 0 atom stereocenters. The van der Waals surface area contributed by atoms with E-state index in [0.29, 0.717) is 11.0 Å². The predicted octanol–water partition coefficient (Wildman–Crippen LogP) is 14.6. The first-order valence-corrected chi connectivity index (χ1v) is 20.0. The van der Waals surface area contributed by atoms with E-state index in [1.165, 1.54) is 63.3 Å². The molecule has 8 aromatic carbocycles. The Labute approximate surface area is 321 Å². The van der Waals surface area contributed by atoms with E-state index in [1.807, 2.05) is 17.4 Å². The maximum absolute atomic E-state index is 7.47. The molecule has 4 heterocycles. The molecule has 0 amide bonds. The number of hydrogen-bond acceptors (Lipinski definition) is 4. The third-order valence-electron chi connectivity index (χ3n) is 10.9. The number of aromatic nitrogens is 3. The Morgan fingerprint density at radius 2 is 1.07 bits per heavy atom. The maximum Gasteiger partial charge on any atom is 0.177 e. The molecule has 0 spiro atoms. The number of hydrogen-bond donors (Lipinski definition) is 0. The van der Waals surface area contributed by atoms with Gasteiger partial charge in [-0.05, 0) is 49.5 Å². The lowest BCUT2D eigenvalue weighted by Gasteiger charge is -2.11. The molecule has 0 saturated carbocycles. The van der Waals surface area contributed by atoms with Crippen molar-refractivity contribution < 1.29 is 0 Å². The summed E-state index contributed by atoms with van der Waals surface area (Å²) in [5.74, 6) is 0.638. The highest BCUT2D eigenvalue weighted by atomic mass is 35.5. The molecule has 0 fully saturated rings. The summed E-state index contributed by atoms with van der Waals surface area (Å²) in [6.07, 6.45) is 0. The molecule has 12 aromatic rings. The molecule has 0 aliphatic heterocycles. The van der Waals surface area contributed by atoms with E-state index in [1.54, 1.807) is 11.3 Å². The monoisotopic (exact) mass is 743 g/mol. The van der Waals surface area contributed by atoms with Gasteiger partial charge < -0.3 is 0 Å². The minimum Gasteiger partial charge on any atom is -0.290 e. The van der Waals surface area contributed by atoms with Gasteiger partial charge in [0.1, 0.15) is 10.3 Å². The average molecular weight is 744 g/mol. The number of fused-ring (bicyclic) bond motifs is 15. The molecule has 0 aliphatic carbocycles. The zero-order valence-corrected chi connectivity index (χ0v) is 30.9. The summed E-state index contributed by atoms with van der Waals surface area (Å²) >= 11 is 11.0. The smallest absolute Gasteiger partial charge is 0.177 e. The van der Waals surface area contributed by atoms with Crippen LogP contribution in [0.25, 0.3) is 112 Å². The minimum absolute atomic E-state index is 0.372. The highest BCUT2D eigenvalue weighted by molar-refractivity contribution is 7.27. The van der Waals surface area contributed by atoms with E-state index < -0.39 is 0 Å². The number of thiophene rings is 2. The van der Waals surface area contributed by atoms with Gasteiger partial charge in [-0.15, -0.1) is 22.7 Å². The van der Waals surface area contributed by atoms with E-state index >= 15 is 0 Å². The van der Waals surface area contributed by atoms with Crippen LogP contribution in [0.5, 0.6) is 0 Å². The van der Waals surface area contributed by atoms with Crippen LogP contribution in [0.2, 0.25) is 5.15 Å². The topological polar surface area (TPSA) is 30.7 Å². The first-order chi connectivity index (χ1) is 26.7. The number of benzene rings is 8. The van der Waals surface area contributed by atoms with E-state index in [2.05, 4.69) is 156 Å². The molecular formula is C48H26ClN3S2. The van der Waals surface area contributed by atoms with Crippen LogP contribution in [0.3, 0.4) is 0 Å². The van der Waals surface area contributed by atoms with Crippen molar-refractivity contribution >= 4 is 119 Å². The van der Waals surface area contributed by atoms with Crippen LogP contribution < -0.4 is 0 Å². The molecule has 0 N–H and O–H groups in total. The molecule has 0 saturated heterocycles. The third-order valence-corrected chi connectivity index (χ3v) is 13.5. The molecule has 0 unspecified atom stereocenters. The van der Waals surface area contributed by atoms with E-state index in [9.17, 15) is 0 Å². The summed E-state index contributed by atoms with van der Waals surface area (Å²) in [7, 11) is 0. The highest BCUT2D eigenvalue weighted by Crippen LogP contribution is 2.51. The normalized spacial score (nSPS) is 12.2. The van der Waals surface area contributed by atoms with E-state index in [0.717, 1.165) is 42.9 Å². The van der Waals surface area contributed by atoms with E-state index in [4.69, 9.17) is 21.6 Å². The zero-order chi connectivity index (χ0) is 35.5. The summed E-state index contributed by atoms with van der Waals surface area (Å²) in [5.41, 5.74) is 6.26. The van der Waals surface area contributed by atoms with Gasteiger partial charge in [-0.1, -0.05) is 163 Å². The molecule has 54 heavy (non-hydrogen) atoms. The molecular weight excluding hydrogens is 718 g/mol. The lowest BCUT2D eigenvalue weighted by atomic mass is 9.96. The first kappa shape index (κ1) is 30.4.